The minimum Gasteiger partial charge on any atom is -0.396 e. The molecule has 0 amide bonds. The molecule has 0 saturated heterocycles. The summed E-state index contributed by atoms with van der Waals surface area (Å²) in [6, 6.07) is 4.02. The number of aryl methyl sites for hydroxylation is 1. The highest BCUT2D eigenvalue weighted by Gasteiger charge is 1.97. The van der Waals surface area contributed by atoms with E-state index in [1.807, 2.05) is 29.9 Å². The van der Waals surface area contributed by atoms with Crippen LogP contribution in [0.5, 0.6) is 0 Å². The zero-order valence-electron chi connectivity index (χ0n) is 8.01. The van der Waals surface area contributed by atoms with Gasteiger partial charge >= 0.3 is 0 Å². The second-order valence-electron chi connectivity index (χ2n) is 3.28. The monoisotopic (exact) mass is 188 g/mol. The van der Waals surface area contributed by atoms with Crippen LogP contribution in [0.1, 0.15) is 11.3 Å². The van der Waals surface area contributed by atoms with E-state index in [1.165, 1.54) is 5.56 Å². The van der Waals surface area contributed by atoms with Crippen LogP contribution in [0.25, 0.3) is 0 Å². The molecular weight excluding hydrogens is 176 g/mol. The second-order valence-corrected chi connectivity index (χ2v) is 3.28. The zero-order valence-corrected chi connectivity index (χ0v) is 8.01. The van der Waals surface area contributed by atoms with Gasteiger partial charge in [0, 0.05) is 18.1 Å². The van der Waals surface area contributed by atoms with Gasteiger partial charge in [0.05, 0.1) is 18.4 Å². The molecule has 0 unspecified atom stereocenters. The maximum Gasteiger partial charge on any atom is 0.0719 e. The van der Waals surface area contributed by atoms with Crippen molar-refractivity contribution in [2.24, 2.45) is 0 Å². The highest BCUT2D eigenvalue weighted by Crippen LogP contribution is 2.05. The molecule has 0 spiro atoms. The van der Waals surface area contributed by atoms with Crippen molar-refractivity contribution < 1.29 is 0 Å². The van der Waals surface area contributed by atoms with Crippen molar-refractivity contribution in [1.82, 2.24) is 14.8 Å². The van der Waals surface area contributed by atoms with E-state index in [0.29, 0.717) is 5.69 Å². The molecule has 0 saturated carbocycles. The summed E-state index contributed by atoms with van der Waals surface area (Å²) in [4.78, 5) is 4.13. The topological polar surface area (TPSA) is 56.7 Å². The van der Waals surface area contributed by atoms with Crippen molar-refractivity contribution in [1.29, 1.82) is 0 Å². The maximum absolute atomic E-state index is 5.57. The first kappa shape index (κ1) is 8.74. The minimum absolute atomic E-state index is 0.691. The average molecular weight is 188 g/mol. The van der Waals surface area contributed by atoms with Crippen LogP contribution in [0, 0.1) is 6.92 Å². The molecule has 2 N–H and O–H groups in total. The average Bonchev–Trinajstić information content (AvgIpc) is 2.51. The fraction of sp³-hybridized carbons (Fsp3) is 0.200. The van der Waals surface area contributed by atoms with Gasteiger partial charge in [-0.2, -0.15) is 5.10 Å². The largest absolute Gasteiger partial charge is 0.396 e. The first-order chi connectivity index (χ1) is 6.74. The molecule has 4 nitrogen and oxygen atoms in total. The third-order valence-corrected chi connectivity index (χ3v) is 1.96. The van der Waals surface area contributed by atoms with Gasteiger partial charge < -0.3 is 5.73 Å². The molecule has 0 bridgehead atoms. The van der Waals surface area contributed by atoms with Gasteiger partial charge in [-0.25, -0.2) is 0 Å². The molecule has 0 aliphatic carbocycles. The van der Waals surface area contributed by atoms with Crippen molar-refractivity contribution in [3.05, 3.63) is 42.0 Å². The summed E-state index contributed by atoms with van der Waals surface area (Å²) in [6.45, 7) is 2.71. The molecule has 2 aromatic rings. The van der Waals surface area contributed by atoms with E-state index in [1.54, 1.807) is 12.4 Å². The Kier molecular flexibility index (Phi) is 2.18. The van der Waals surface area contributed by atoms with Gasteiger partial charge in [-0.15, -0.1) is 0 Å². The molecule has 2 heterocycles. The Labute approximate surface area is 82.4 Å². The van der Waals surface area contributed by atoms with Gasteiger partial charge in [-0.1, -0.05) is 0 Å². The van der Waals surface area contributed by atoms with Crippen LogP contribution in [-0.2, 0) is 6.54 Å². The number of nitrogens with zero attached hydrogens (tertiary/aromatic N) is 3. The van der Waals surface area contributed by atoms with Crippen LogP contribution in [0.15, 0.2) is 30.7 Å². The number of anilines is 1. The Balaban J connectivity index is 2.18. The predicted octanol–water partition coefficient (Wildman–Crippen LogP) is 1.22. The molecule has 2 rings (SSSR count). The van der Waals surface area contributed by atoms with Crippen LogP contribution >= 0.6 is 0 Å². The van der Waals surface area contributed by atoms with Crippen molar-refractivity contribution in [2.75, 3.05) is 5.73 Å². The maximum atomic E-state index is 5.57. The van der Waals surface area contributed by atoms with Gasteiger partial charge in [0.25, 0.3) is 0 Å². The SMILES string of the molecule is Cc1cc(Cn2cc(N)cn2)ccn1. The van der Waals surface area contributed by atoms with Gasteiger partial charge in [0.2, 0.25) is 0 Å². The predicted molar refractivity (Wildman–Crippen MR) is 54.7 cm³/mol. The Morgan fingerprint density at radius 1 is 1.50 bits per heavy atom. The molecule has 72 valence electrons. The molecule has 2 aromatic heterocycles. The molecule has 0 aliphatic heterocycles. The van der Waals surface area contributed by atoms with Crippen LogP contribution in [0.3, 0.4) is 0 Å². The number of hydrogen-bond donors (Lipinski definition) is 1. The van der Waals surface area contributed by atoms with E-state index in [4.69, 9.17) is 5.73 Å². The third kappa shape index (κ3) is 1.90. The summed E-state index contributed by atoms with van der Waals surface area (Å²) in [5, 5.41) is 4.11. The smallest absolute Gasteiger partial charge is 0.0719 e. The number of pyridine rings is 1. The van der Waals surface area contributed by atoms with Crippen molar-refractivity contribution in [3.63, 3.8) is 0 Å². The molecular formula is C10H12N4. The lowest BCUT2D eigenvalue weighted by Gasteiger charge is -2.01. The van der Waals surface area contributed by atoms with Crippen LogP contribution < -0.4 is 5.73 Å². The lowest BCUT2D eigenvalue weighted by Crippen LogP contribution is -2.00. The summed E-state index contributed by atoms with van der Waals surface area (Å²) < 4.78 is 1.81. The van der Waals surface area contributed by atoms with Crippen molar-refractivity contribution >= 4 is 5.69 Å². The Hall–Kier alpha value is -1.84. The number of nitrogens with two attached hydrogens (primary N) is 1. The summed E-state index contributed by atoms with van der Waals surface area (Å²) in [7, 11) is 0. The van der Waals surface area contributed by atoms with Gasteiger partial charge in [-0.05, 0) is 24.6 Å². The lowest BCUT2D eigenvalue weighted by molar-refractivity contribution is 0.685. The highest BCUT2D eigenvalue weighted by atomic mass is 15.3. The summed E-state index contributed by atoms with van der Waals surface area (Å²) in [5.41, 5.74) is 8.45. The van der Waals surface area contributed by atoms with Gasteiger partial charge in [0.1, 0.15) is 0 Å². The molecule has 0 atom stereocenters. The summed E-state index contributed by atoms with van der Waals surface area (Å²) in [6.07, 6.45) is 5.27. The van der Waals surface area contributed by atoms with E-state index < -0.39 is 0 Å². The number of hydrogen-bond acceptors (Lipinski definition) is 3. The van der Waals surface area contributed by atoms with Gasteiger partial charge in [-0.3, -0.25) is 9.67 Å². The van der Waals surface area contributed by atoms with Crippen LogP contribution in [-0.4, -0.2) is 14.8 Å². The third-order valence-electron chi connectivity index (χ3n) is 1.96. The Bertz CT molecular complexity index is 433. The van der Waals surface area contributed by atoms with E-state index in [2.05, 4.69) is 10.1 Å². The van der Waals surface area contributed by atoms with Gasteiger partial charge in [0.15, 0.2) is 0 Å². The van der Waals surface area contributed by atoms with E-state index in [0.717, 1.165) is 12.2 Å². The molecule has 14 heavy (non-hydrogen) atoms. The molecule has 0 aromatic carbocycles. The second kappa shape index (κ2) is 3.49. The van der Waals surface area contributed by atoms with Crippen molar-refractivity contribution in [3.8, 4) is 0 Å². The summed E-state index contributed by atoms with van der Waals surface area (Å²) >= 11 is 0. The number of nitrogen functional groups attached to an aromatic ring is 1. The molecule has 0 fully saturated rings. The Morgan fingerprint density at radius 3 is 3.00 bits per heavy atom. The normalized spacial score (nSPS) is 10.4. The lowest BCUT2D eigenvalue weighted by atomic mass is 10.2. The molecule has 0 radical (unpaired) electrons. The van der Waals surface area contributed by atoms with E-state index in [-0.39, 0.29) is 0 Å². The first-order valence-corrected chi connectivity index (χ1v) is 4.43. The fourth-order valence-electron chi connectivity index (χ4n) is 1.36. The van der Waals surface area contributed by atoms with E-state index >= 15 is 0 Å². The number of rotatable bonds is 2. The van der Waals surface area contributed by atoms with Crippen LogP contribution in [0.2, 0.25) is 0 Å². The van der Waals surface area contributed by atoms with Crippen molar-refractivity contribution in [2.45, 2.75) is 13.5 Å². The Morgan fingerprint density at radius 2 is 2.36 bits per heavy atom. The molecule has 0 aliphatic rings. The standard InChI is InChI=1S/C10H12N4/c1-8-4-9(2-3-12-8)6-14-7-10(11)5-13-14/h2-5,7H,6,11H2,1H3. The summed E-state index contributed by atoms with van der Waals surface area (Å²) in [5.74, 6) is 0. The van der Waals surface area contributed by atoms with Crippen LogP contribution in [0.4, 0.5) is 5.69 Å². The number of aromatic nitrogens is 3. The zero-order chi connectivity index (χ0) is 9.97. The molecule has 4 heteroatoms. The first-order valence-electron chi connectivity index (χ1n) is 4.43. The highest BCUT2D eigenvalue weighted by molar-refractivity contribution is 5.30. The fourth-order valence-corrected chi connectivity index (χ4v) is 1.36. The minimum atomic E-state index is 0.691. The quantitative estimate of drug-likeness (QED) is 0.770. The van der Waals surface area contributed by atoms with E-state index in [9.17, 15) is 0 Å².